The molecule has 4 heteroatoms. The first-order valence-electron chi connectivity index (χ1n) is 9.09. The third kappa shape index (κ3) is 6.30. The van der Waals surface area contributed by atoms with Crippen LogP contribution in [0.2, 0.25) is 0 Å². The van der Waals surface area contributed by atoms with Crippen LogP contribution in [0.1, 0.15) is 64.1 Å². The maximum atomic E-state index is 12.4. The second kappa shape index (κ2) is 9.66. The Hall–Kier alpha value is -1.42. The van der Waals surface area contributed by atoms with Crippen molar-refractivity contribution < 1.29 is 4.79 Å². The predicted octanol–water partition coefficient (Wildman–Crippen LogP) is 3.55. The lowest BCUT2D eigenvalue weighted by Gasteiger charge is -2.25. The average Bonchev–Trinajstić information content (AvgIpc) is 2.52. The van der Waals surface area contributed by atoms with E-state index in [-0.39, 0.29) is 11.9 Å². The Balaban J connectivity index is 1.82. The van der Waals surface area contributed by atoms with Gasteiger partial charge in [0.2, 0.25) is 5.91 Å². The fourth-order valence-corrected chi connectivity index (χ4v) is 3.18. The number of hydrogen-bond donors (Lipinski definition) is 1. The highest BCUT2D eigenvalue weighted by molar-refractivity contribution is 5.76. The molecular formula is C19H31N3O. The summed E-state index contributed by atoms with van der Waals surface area (Å²) in [6.07, 6.45) is 8.94. The lowest BCUT2D eigenvalue weighted by Crippen LogP contribution is -2.36. The molecule has 0 unspecified atom stereocenters. The summed E-state index contributed by atoms with van der Waals surface area (Å²) in [7, 11) is 0. The van der Waals surface area contributed by atoms with Crippen LogP contribution in [0.25, 0.3) is 0 Å². The highest BCUT2D eigenvalue weighted by Crippen LogP contribution is 2.19. The average molecular weight is 317 g/mol. The Bertz CT molecular complexity index is 453. The van der Waals surface area contributed by atoms with E-state index in [2.05, 4.69) is 29.0 Å². The van der Waals surface area contributed by atoms with Gasteiger partial charge in [-0.05, 0) is 44.0 Å². The molecule has 0 aliphatic carbocycles. The Kier molecular flexibility index (Phi) is 7.53. The number of hydrogen-bond acceptors (Lipinski definition) is 3. The summed E-state index contributed by atoms with van der Waals surface area (Å²) >= 11 is 0. The summed E-state index contributed by atoms with van der Waals surface area (Å²) in [5.74, 6) is 0.465. The summed E-state index contributed by atoms with van der Waals surface area (Å²) in [6.45, 7) is 7.40. The van der Waals surface area contributed by atoms with Crippen molar-refractivity contribution in [3.8, 4) is 0 Å². The van der Waals surface area contributed by atoms with Crippen LogP contribution in [0.5, 0.6) is 0 Å². The summed E-state index contributed by atoms with van der Waals surface area (Å²) in [5, 5.41) is 3.17. The standard InChI is InChI=1S/C19H31N3O/c1-16(2)19(17-10-6-7-12-20-17)21-18(23)11-15-22-13-8-4-3-5-9-14-22/h6-7,10,12,16,19H,3-5,8-9,11,13-15H2,1-2H3,(H,21,23)/t19-/m1/s1. The first-order chi connectivity index (χ1) is 11.2. The predicted molar refractivity (Wildman–Crippen MR) is 94.1 cm³/mol. The third-order valence-corrected chi connectivity index (χ3v) is 4.59. The monoisotopic (exact) mass is 317 g/mol. The molecule has 1 aromatic rings. The molecule has 1 fully saturated rings. The quantitative estimate of drug-likeness (QED) is 0.872. The number of nitrogens with one attached hydrogen (secondary N) is 1. The van der Waals surface area contributed by atoms with Crippen molar-refractivity contribution in [3.05, 3.63) is 30.1 Å². The van der Waals surface area contributed by atoms with Gasteiger partial charge in [0.05, 0.1) is 11.7 Å². The maximum Gasteiger partial charge on any atom is 0.221 e. The molecule has 1 aliphatic rings. The van der Waals surface area contributed by atoms with E-state index in [0.29, 0.717) is 12.3 Å². The van der Waals surface area contributed by atoms with E-state index < -0.39 is 0 Å². The SMILES string of the molecule is CC(C)[C@@H](NC(=O)CCN1CCCCCCC1)c1ccccn1. The minimum atomic E-state index is -0.00367. The summed E-state index contributed by atoms with van der Waals surface area (Å²) < 4.78 is 0. The van der Waals surface area contributed by atoms with Crippen LogP contribution >= 0.6 is 0 Å². The van der Waals surface area contributed by atoms with Crippen molar-refractivity contribution in [1.29, 1.82) is 0 Å². The lowest BCUT2D eigenvalue weighted by atomic mass is 10.00. The molecule has 128 valence electrons. The summed E-state index contributed by atoms with van der Waals surface area (Å²) in [6, 6.07) is 5.87. The van der Waals surface area contributed by atoms with E-state index >= 15 is 0 Å². The Morgan fingerprint density at radius 2 is 1.87 bits per heavy atom. The van der Waals surface area contributed by atoms with Gasteiger partial charge in [0.15, 0.2) is 0 Å². The summed E-state index contributed by atoms with van der Waals surface area (Å²) in [4.78, 5) is 19.2. The van der Waals surface area contributed by atoms with Crippen molar-refractivity contribution in [2.75, 3.05) is 19.6 Å². The van der Waals surface area contributed by atoms with Gasteiger partial charge in [0.25, 0.3) is 0 Å². The Morgan fingerprint density at radius 3 is 2.48 bits per heavy atom. The molecule has 0 bridgehead atoms. The number of amides is 1. The van der Waals surface area contributed by atoms with Gasteiger partial charge in [-0.1, -0.05) is 39.2 Å². The zero-order valence-corrected chi connectivity index (χ0v) is 14.6. The summed E-state index contributed by atoms with van der Waals surface area (Å²) in [5.41, 5.74) is 0.946. The number of carbonyl (C=O) groups excluding carboxylic acids is 1. The first-order valence-corrected chi connectivity index (χ1v) is 9.09. The smallest absolute Gasteiger partial charge is 0.221 e. The fourth-order valence-electron chi connectivity index (χ4n) is 3.18. The zero-order chi connectivity index (χ0) is 16.5. The van der Waals surface area contributed by atoms with Crippen LogP contribution in [0, 0.1) is 5.92 Å². The van der Waals surface area contributed by atoms with Gasteiger partial charge in [-0.2, -0.15) is 0 Å². The molecule has 2 rings (SSSR count). The molecule has 1 aromatic heterocycles. The van der Waals surface area contributed by atoms with Crippen LogP contribution in [0.15, 0.2) is 24.4 Å². The number of pyridine rings is 1. The van der Waals surface area contributed by atoms with Crippen molar-refractivity contribution in [1.82, 2.24) is 15.2 Å². The van der Waals surface area contributed by atoms with Gasteiger partial charge in [-0.3, -0.25) is 9.78 Å². The fraction of sp³-hybridized carbons (Fsp3) is 0.684. The van der Waals surface area contributed by atoms with Crippen LogP contribution in [-0.4, -0.2) is 35.4 Å². The van der Waals surface area contributed by atoms with E-state index in [1.807, 2.05) is 18.2 Å². The van der Waals surface area contributed by atoms with E-state index in [1.165, 1.54) is 32.1 Å². The van der Waals surface area contributed by atoms with E-state index in [9.17, 15) is 4.79 Å². The van der Waals surface area contributed by atoms with Gasteiger partial charge in [0, 0.05) is 19.2 Å². The highest BCUT2D eigenvalue weighted by atomic mass is 16.1. The number of rotatable bonds is 6. The van der Waals surface area contributed by atoms with Crippen LogP contribution in [-0.2, 0) is 4.79 Å². The van der Waals surface area contributed by atoms with E-state index in [0.717, 1.165) is 25.3 Å². The second-order valence-electron chi connectivity index (χ2n) is 6.90. The zero-order valence-electron chi connectivity index (χ0n) is 14.6. The molecule has 4 nitrogen and oxygen atoms in total. The molecule has 1 amide bonds. The van der Waals surface area contributed by atoms with Crippen LogP contribution in [0.4, 0.5) is 0 Å². The van der Waals surface area contributed by atoms with E-state index in [4.69, 9.17) is 0 Å². The largest absolute Gasteiger partial charge is 0.347 e. The van der Waals surface area contributed by atoms with Crippen molar-refractivity contribution in [2.24, 2.45) is 5.92 Å². The highest BCUT2D eigenvalue weighted by Gasteiger charge is 2.19. The molecule has 23 heavy (non-hydrogen) atoms. The number of aromatic nitrogens is 1. The van der Waals surface area contributed by atoms with Gasteiger partial charge < -0.3 is 10.2 Å². The molecule has 0 spiro atoms. The molecule has 1 aliphatic heterocycles. The number of carbonyl (C=O) groups is 1. The Labute approximate surface area is 140 Å². The molecule has 1 N–H and O–H groups in total. The maximum absolute atomic E-state index is 12.4. The molecular weight excluding hydrogens is 286 g/mol. The van der Waals surface area contributed by atoms with Gasteiger partial charge in [0.1, 0.15) is 0 Å². The molecule has 1 atom stereocenters. The van der Waals surface area contributed by atoms with Crippen molar-refractivity contribution in [2.45, 2.75) is 58.4 Å². The Morgan fingerprint density at radius 1 is 1.17 bits per heavy atom. The first kappa shape index (κ1) is 17.9. The van der Waals surface area contributed by atoms with E-state index in [1.54, 1.807) is 6.20 Å². The van der Waals surface area contributed by atoms with Gasteiger partial charge in [-0.25, -0.2) is 0 Å². The topological polar surface area (TPSA) is 45.2 Å². The molecule has 0 radical (unpaired) electrons. The van der Waals surface area contributed by atoms with Gasteiger partial charge in [-0.15, -0.1) is 0 Å². The molecule has 1 saturated heterocycles. The second-order valence-corrected chi connectivity index (χ2v) is 6.90. The molecule has 0 saturated carbocycles. The third-order valence-electron chi connectivity index (χ3n) is 4.59. The van der Waals surface area contributed by atoms with Crippen LogP contribution in [0.3, 0.4) is 0 Å². The van der Waals surface area contributed by atoms with Crippen molar-refractivity contribution in [3.63, 3.8) is 0 Å². The van der Waals surface area contributed by atoms with Crippen molar-refractivity contribution >= 4 is 5.91 Å². The van der Waals surface area contributed by atoms with Crippen LogP contribution < -0.4 is 5.32 Å². The number of likely N-dealkylation sites (tertiary alicyclic amines) is 1. The normalized spacial score (nSPS) is 18.2. The minimum Gasteiger partial charge on any atom is -0.347 e. The van der Waals surface area contributed by atoms with Gasteiger partial charge >= 0.3 is 0 Å². The number of nitrogens with zero attached hydrogens (tertiary/aromatic N) is 2. The minimum absolute atomic E-state index is 0.00367. The molecule has 0 aromatic carbocycles. The lowest BCUT2D eigenvalue weighted by molar-refractivity contribution is -0.122. The molecule has 2 heterocycles.